The summed E-state index contributed by atoms with van der Waals surface area (Å²) in [5.74, 6) is -0.485. The fraction of sp³-hybridized carbons (Fsp3) is 0.619. The lowest BCUT2D eigenvalue weighted by atomic mass is 9.72. The van der Waals surface area contributed by atoms with E-state index in [0.29, 0.717) is 11.1 Å². The van der Waals surface area contributed by atoms with E-state index >= 15 is 0 Å². The van der Waals surface area contributed by atoms with Crippen molar-refractivity contribution in [3.63, 3.8) is 0 Å². The smallest absolute Gasteiger partial charge is 0.249 e. The summed E-state index contributed by atoms with van der Waals surface area (Å²) in [5, 5.41) is 0. The Balaban J connectivity index is 2.14. The second-order valence-electron chi connectivity index (χ2n) is 8.38. The highest BCUT2D eigenvalue weighted by Crippen LogP contribution is 2.42. The van der Waals surface area contributed by atoms with Crippen LogP contribution in [0.1, 0.15) is 101 Å². The molecule has 0 aliphatic heterocycles. The molecule has 0 saturated heterocycles. The highest BCUT2D eigenvalue weighted by Gasteiger charge is 2.32. The van der Waals surface area contributed by atoms with Gasteiger partial charge >= 0.3 is 0 Å². The number of benzene rings is 1. The van der Waals surface area contributed by atoms with E-state index in [1.165, 1.54) is 0 Å². The summed E-state index contributed by atoms with van der Waals surface area (Å²) < 4.78 is 0. The monoisotopic (exact) mass is 372 g/mol. The first kappa shape index (κ1) is 19.8. The van der Waals surface area contributed by atoms with Gasteiger partial charge in [0, 0.05) is 23.2 Å². The Hall–Kier alpha value is -1.92. The number of carbonyl (C=O) groups excluding carboxylic acids is 2. The average Bonchev–Trinajstić information content (AvgIpc) is 2.62. The van der Waals surface area contributed by atoms with Crippen LogP contribution < -0.4 is 22.9 Å². The van der Waals surface area contributed by atoms with Gasteiger partial charge in [0.1, 0.15) is 0 Å². The van der Waals surface area contributed by atoms with Crippen molar-refractivity contribution in [1.82, 2.24) is 0 Å². The Labute approximate surface area is 161 Å². The van der Waals surface area contributed by atoms with Crippen LogP contribution in [0.2, 0.25) is 0 Å². The Kier molecular flexibility index (Phi) is 5.86. The molecule has 0 heterocycles. The highest BCUT2D eigenvalue weighted by atomic mass is 16.1. The number of nitrogens with two attached hydrogens (primary N) is 4. The third kappa shape index (κ3) is 4.01. The van der Waals surface area contributed by atoms with Crippen molar-refractivity contribution in [2.24, 2.45) is 22.9 Å². The number of carbonyl (C=O) groups is 2. The lowest BCUT2D eigenvalue weighted by Crippen LogP contribution is -2.30. The van der Waals surface area contributed by atoms with Crippen LogP contribution in [0.25, 0.3) is 0 Å². The van der Waals surface area contributed by atoms with Gasteiger partial charge < -0.3 is 22.9 Å². The molecule has 2 saturated carbocycles. The molecule has 0 unspecified atom stereocenters. The minimum atomic E-state index is -0.453. The highest BCUT2D eigenvalue weighted by molar-refractivity contribution is 6.01. The molecule has 0 bridgehead atoms. The molecule has 2 amide bonds. The van der Waals surface area contributed by atoms with Crippen LogP contribution in [0, 0.1) is 6.92 Å². The fourth-order valence-electron chi connectivity index (χ4n) is 5.03. The molecule has 2 aliphatic rings. The Morgan fingerprint density at radius 1 is 0.815 bits per heavy atom. The minimum Gasteiger partial charge on any atom is -0.366 e. The molecule has 1 aromatic rings. The van der Waals surface area contributed by atoms with Gasteiger partial charge in [0.05, 0.1) is 0 Å². The second-order valence-corrected chi connectivity index (χ2v) is 8.38. The predicted octanol–water partition coefficient (Wildman–Crippen LogP) is 2.16. The molecule has 0 spiro atoms. The van der Waals surface area contributed by atoms with Crippen LogP contribution >= 0.6 is 0 Å². The Bertz CT molecular complexity index is 730. The molecule has 0 atom stereocenters. The maximum absolute atomic E-state index is 12.5. The normalized spacial score (nSPS) is 28.7. The van der Waals surface area contributed by atoms with Crippen molar-refractivity contribution in [2.45, 2.75) is 82.2 Å². The van der Waals surface area contributed by atoms with Gasteiger partial charge in [0.25, 0.3) is 0 Å². The van der Waals surface area contributed by atoms with E-state index in [1.54, 1.807) is 0 Å². The SMILES string of the molecule is Cc1c(C(N)=O)cc(C2CCC(N)CC2)c(C(N)=O)c1C1CCC(N)CC1. The second kappa shape index (κ2) is 7.98. The summed E-state index contributed by atoms with van der Waals surface area (Å²) in [6.07, 6.45) is 7.26. The summed E-state index contributed by atoms with van der Waals surface area (Å²) in [6.45, 7) is 1.89. The molecule has 3 rings (SSSR count). The van der Waals surface area contributed by atoms with Crippen molar-refractivity contribution in [2.75, 3.05) is 0 Å². The van der Waals surface area contributed by atoms with Gasteiger partial charge in [-0.05, 0) is 92.9 Å². The van der Waals surface area contributed by atoms with E-state index in [2.05, 4.69) is 0 Å². The third-order valence-corrected chi connectivity index (χ3v) is 6.57. The van der Waals surface area contributed by atoms with Crippen molar-refractivity contribution < 1.29 is 9.59 Å². The van der Waals surface area contributed by atoms with Crippen molar-refractivity contribution in [1.29, 1.82) is 0 Å². The zero-order valence-corrected chi connectivity index (χ0v) is 16.2. The van der Waals surface area contributed by atoms with Crippen LogP contribution in [-0.2, 0) is 0 Å². The lowest BCUT2D eigenvalue weighted by Gasteiger charge is -2.33. The molecule has 2 fully saturated rings. The maximum Gasteiger partial charge on any atom is 0.249 e. The van der Waals surface area contributed by atoms with Gasteiger partial charge in [0.2, 0.25) is 11.8 Å². The van der Waals surface area contributed by atoms with Gasteiger partial charge in [-0.2, -0.15) is 0 Å². The van der Waals surface area contributed by atoms with Crippen LogP contribution in [0.5, 0.6) is 0 Å². The van der Waals surface area contributed by atoms with Crippen LogP contribution in [0.15, 0.2) is 6.07 Å². The van der Waals surface area contributed by atoms with Gasteiger partial charge in [-0.1, -0.05) is 0 Å². The van der Waals surface area contributed by atoms with Gasteiger partial charge in [-0.15, -0.1) is 0 Å². The maximum atomic E-state index is 12.5. The molecular weight excluding hydrogens is 340 g/mol. The standard InChI is InChI=1S/C21H32N4O2/c1-11-16(20(24)26)10-17(12-2-6-14(22)7-3-12)19(21(25)27)18(11)13-4-8-15(23)9-5-13/h10,12-15H,2-9,22-23H2,1H3,(H2,24,26)(H2,25,27). The summed E-state index contributed by atoms with van der Waals surface area (Å²) in [7, 11) is 0. The number of amides is 2. The first-order valence-corrected chi connectivity index (χ1v) is 10.1. The predicted molar refractivity (Wildman–Crippen MR) is 107 cm³/mol. The summed E-state index contributed by atoms with van der Waals surface area (Å²) in [5.41, 5.74) is 27.4. The number of hydrogen-bond acceptors (Lipinski definition) is 4. The molecule has 8 N–H and O–H groups in total. The van der Waals surface area contributed by atoms with E-state index in [4.69, 9.17) is 22.9 Å². The van der Waals surface area contributed by atoms with Gasteiger partial charge in [0.15, 0.2) is 0 Å². The molecular formula is C21H32N4O2. The molecule has 6 nitrogen and oxygen atoms in total. The largest absolute Gasteiger partial charge is 0.366 e. The first-order valence-electron chi connectivity index (χ1n) is 10.1. The molecule has 27 heavy (non-hydrogen) atoms. The molecule has 0 radical (unpaired) electrons. The van der Waals surface area contributed by atoms with E-state index in [9.17, 15) is 9.59 Å². The minimum absolute atomic E-state index is 0.190. The first-order chi connectivity index (χ1) is 12.8. The zero-order chi connectivity index (χ0) is 19.7. The Morgan fingerprint density at radius 2 is 1.30 bits per heavy atom. The molecule has 6 heteroatoms. The number of hydrogen-bond donors (Lipinski definition) is 4. The van der Waals surface area contributed by atoms with Crippen LogP contribution in [0.3, 0.4) is 0 Å². The van der Waals surface area contributed by atoms with Crippen molar-refractivity contribution in [3.05, 3.63) is 33.9 Å². The molecule has 0 aromatic heterocycles. The van der Waals surface area contributed by atoms with Crippen molar-refractivity contribution in [3.8, 4) is 0 Å². The molecule has 148 valence electrons. The summed E-state index contributed by atoms with van der Waals surface area (Å²) in [4.78, 5) is 24.7. The van der Waals surface area contributed by atoms with E-state index < -0.39 is 11.8 Å². The van der Waals surface area contributed by atoms with Gasteiger partial charge in [-0.25, -0.2) is 0 Å². The van der Waals surface area contributed by atoms with E-state index in [1.807, 2.05) is 13.0 Å². The summed E-state index contributed by atoms with van der Waals surface area (Å²) >= 11 is 0. The van der Waals surface area contributed by atoms with Crippen molar-refractivity contribution >= 4 is 11.8 Å². The fourth-order valence-corrected chi connectivity index (χ4v) is 5.03. The Morgan fingerprint density at radius 3 is 1.74 bits per heavy atom. The number of rotatable bonds is 4. The quantitative estimate of drug-likeness (QED) is 0.643. The molecule has 1 aromatic carbocycles. The molecule has 2 aliphatic carbocycles. The lowest BCUT2D eigenvalue weighted by molar-refractivity contribution is 0.0984. The van der Waals surface area contributed by atoms with Crippen LogP contribution in [0.4, 0.5) is 0 Å². The average molecular weight is 373 g/mol. The topological polar surface area (TPSA) is 138 Å². The van der Waals surface area contributed by atoms with E-state index in [0.717, 1.165) is 68.1 Å². The third-order valence-electron chi connectivity index (χ3n) is 6.57. The van der Waals surface area contributed by atoms with E-state index in [-0.39, 0.29) is 23.9 Å². The van der Waals surface area contributed by atoms with Crippen LogP contribution in [-0.4, -0.2) is 23.9 Å². The summed E-state index contributed by atoms with van der Waals surface area (Å²) in [6, 6.07) is 2.23. The number of primary amides is 2. The van der Waals surface area contributed by atoms with Gasteiger partial charge in [-0.3, -0.25) is 9.59 Å². The zero-order valence-electron chi connectivity index (χ0n) is 16.2.